The fraction of sp³-hybridized carbons (Fsp3) is 0.529. The van der Waals surface area contributed by atoms with E-state index in [0.717, 1.165) is 0 Å². The van der Waals surface area contributed by atoms with Gasteiger partial charge in [0.2, 0.25) is 21.8 Å². The second kappa shape index (κ2) is 7.24. The number of amides is 2. The number of hydrogen-bond acceptors (Lipinski definition) is 5. The molecule has 0 aromatic heterocycles. The third kappa shape index (κ3) is 3.99. The van der Waals surface area contributed by atoms with Gasteiger partial charge >= 0.3 is 0 Å². The van der Waals surface area contributed by atoms with E-state index >= 15 is 0 Å². The highest BCUT2D eigenvalue weighted by atomic mass is 32.2. The summed E-state index contributed by atoms with van der Waals surface area (Å²) in [6.45, 7) is 3.14. The first-order valence-corrected chi connectivity index (χ1v) is 10.4. The molecule has 142 valence electrons. The lowest BCUT2D eigenvalue weighted by atomic mass is 9.97. The zero-order chi connectivity index (χ0) is 18.9. The van der Waals surface area contributed by atoms with Crippen molar-refractivity contribution < 1.29 is 22.7 Å². The van der Waals surface area contributed by atoms with Crippen LogP contribution in [0.4, 0.5) is 11.4 Å². The molecule has 1 fully saturated rings. The first-order chi connectivity index (χ1) is 12.3. The average molecular weight is 381 g/mol. The molecule has 0 aliphatic carbocycles. The number of fused-ring (bicyclic) bond motifs is 1. The number of hydrogen-bond donors (Lipinski definition) is 1. The standard InChI is InChI=1S/C17H23N3O5S/c1-12(21)20-9-10-25-16-11-14(3-4-15(16)20)18-17(22)13-5-7-19(8-6-13)26(2,23)24/h3-4,11,13H,5-10H2,1-2H3,(H,18,22). The van der Waals surface area contributed by atoms with Crippen LogP contribution < -0.4 is 15.0 Å². The van der Waals surface area contributed by atoms with Gasteiger partial charge in [-0.05, 0) is 25.0 Å². The van der Waals surface area contributed by atoms with Crippen LogP contribution in [0.25, 0.3) is 0 Å². The molecule has 0 radical (unpaired) electrons. The lowest BCUT2D eigenvalue weighted by Crippen LogP contribution is -2.40. The Labute approximate surface area is 153 Å². The highest BCUT2D eigenvalue weighted by Crippen LogP contribution is 2.34. The van der Waals surface area contributed by atoms with Crippen molar-refractivity contribution in [1.82, 2.24) is 4.31 Å². The molecule has 2 aliphatic heterocycles. The lowest BCUT2D eigenvalue weighted by Gasteiger charge is -2.30. The molecule has 1 aromatic rings. The molecular weight excluding hydrogens is 358 g/mol. The van der Waals surface area contributed by atoms with Gasteiger partial charge in [0.15, 0.2) is 0 Å². The maximum Gasteiger partial charge on any atom is 0.227 e. The molecule has 2 amide bonds. The summed E-state index contributed by atoms with van der Waals surface area (Å²) in [7, 11) is -3.20. The van der Waals surface area contributed by atoms with Crippen molar-refractivity contribution in [2.75, 3.05) is 42.7 Å². The highest BCUT2D eigenvalue weighted by Gasteiger charge is 2.29. The van der Waals surface area contributed by atoms with E-state index in [9.17, 15) is 18.0 Å². The number of carbonyl (C=O) groups excluding carboxylic acids is 2. The molecular formula is C17H23N3O5S. The van der Waals surface area contributed by atoms with Crippen molar-refractivity contribution in [3.63, 3.8) is 0 Å². The number of ether oxygens (including phenoxy) is 1. The summed E-state index contributed by atoms with van der Waals surface area (Å²) in [6, 6.07) is 5.22. The van der Waals surface area contributed by atoms with Gasteiger partial charge in [-0.2, -0.15) is 0 Å². The van der Waals surface area contributed by atoms with Gasteiger partial charge in [-0.15, -0.1) is 0 Å². The minimum atomic E-state index is -3.20. The monoisotopic (exact) mass is 381 g/mol. The van der Waals surface area contributed by atoms with Crippen LogP contribution in [-0.4, -0.2) is 57.0 Å². The van der Waals surface area contributed by atoms with Crippen molar-refractivity contribution in [3.05, 3.63) is 18.2 Å². The predicted octanol–water partition coefficient (Wildman–Crippen LogP) is 1.04. The number of sulfonamides is 1. The van der Waals surface area contributed by atoms with Gasteiger partial charge in [0.1, 0.15) is 12.4 Å². The lowest BCUT2D eigenvalue weighted by molar-refractivity contribution is -0.121. The first kappa shape index (κ1) is 18.7. The Hall–Kier alpha value is -2.13. The van der Waals surface area contributed by atoms with E-state index in [1.807, 2.05) is 0 Å². The number of benzene rings is 1. The SMILES string of the molecule is CC(=O)N1CCOc2cc(NC(=O)C3CCN(S(C)(=O)=O)CC3)ccc21. The summed E-state index contributed by atoms with van der Waals surface area (Å²) in [5, 5.41) is 2.87. The number of anilines is 2. The van der Waals surface area contributed by atoms with Crippen LogP contribution in [0.5, 0.6) is 5.75 Å². The smallest absolute Gasteiger partial charge is 0.227 e. The van der Waals surface area contributed by atoms with Crippen LogP contribution in [0.1, 0.15) is 19.8 Å². The Kier molecular flexibility index (Phi) is 5.19. The summed E-state index contributed by atoms with van der Waals surface area (Å²) < 4.78 is 30.1. The number of nitrogens with zero attached hydrogens (tertiary/aromatic N) is 2. The molecule has 1 aromatic carbocycles. The third-order valence-electron chi connectivity index (χ3n) is 4.76. The van der Waals surface area contributed by atoms with E-state index in [0.29, 0.717) is 56.2 Å². The topological polar surface area (TPSA) is 96.0 Å². The van der Waals surface area contributed by atoms with Crippen molar-refractivity contribution in [2.24, 2.45) is 5.92 Å². The fourth-order valence-corrected chi connectivity index (χ4v) is 4.19. The minimum absolute atomic E-state index is 0.0519. The van der Waals surface area contributed by atoms with Crippen molar-refractivity contribution in [3.8, 4) is 5.75 Å². The number of nitrogens with one attached hydrogen (secondary N) is 1. The second-order valence-corrected chi connectivity index (χ2v) is 8.61. The first-order valence-electron chi connectivity index (χ1n) is 8.56. The van der Waals surface area contributed by atoms with Gasteiger partial charge in [0, 0.05) is 37.7 Å². The van der Waals surface area contributed by atoms with Crippen molar-refractivity contribution in [1.29, 1.82) is 0 Å². The Balaban J connectivity index is 1.65. The van der Waals surface area contributed by atoms with E-state index < -0.39 is 10.0 Å². The molecule has 26 heavy (non-hydrogen) atoms. The molecule has 8 nitrogen and oxygen atoms in total. The van der Waals surface area contributed by atoms with Crippen LogP contribution in [0, 0.1) is 5.92 Å². The zero-order valence-corrected chi connectivity index (χ0v) is 15.7. The highest BCUT2D eigenvalue weighted by molar-refractivity contribution is 7.88. The Morgan fingerprint density at radius 3 is 2.50 bits per heavy atom. The molecule has 9 heteroatoms. The average Bonchev–Trinajstić information content (AvgIpc) is 2.60. The molecule has 0 saturated carbocycles. The second-order valence-electron chi connectivity index (χ2n) is 6.63. The van der Waals surface area contributed by atoms with Gasteiger partial charge in [0.05, 0.1) is 18.5 Å². The quantitative estimate of drug-likeness (QED) is 0.844. The van der Waals surface area contributed by atoms with Gasteiger partial charge in [-0.25, -0.2) is 12.7 Å². The van der Waals surface area contributed by atoms with E-state index in [4.69, 9.17) is 4.74 Å². The molecule has 1 N–H and O–H groups in total. The van der Waals surface area contributed by atoms with Crippen LogP contribution in [0.2, 0.25) is 0 Å². The molecule has 0 unspecified atom stereocenters. The molecule has 1 saturated heterocycles. The Morgan fingerprint density at radius 1 is 1.19 bits per heavy atom. The van der Waals surface area contributed by atoms with Gasteiger partial charge in [-0.1, -0.05) is 0 Å². The number of rotatable bonds is 3. The summed E-state index contributed by atoms with van der Waals surface area (Å²) in [5.74, 6) is 0.163. The minimum Gasteiger partial charge on any atom is -0.489 e. The summed E-state index contributed by atoms with van der Waals surface area (Å²) >= 11 is 0. The molecule has 2 heterocycles. The fourth-order valence-electron chi connectivity index (χ4n) is 3.32. The van der Waals surface area contributed by atoms with Crippen LogP contribution in [-0.2, 0) is 19.6 Å². The number of piperidine rings is 1. The van der Waals surface area contributed by atoms with E-state index in [1.54, 1.807) is 23.1 Å². The zero-order valence-electron chi connectivity index (χ0n) is 14.9. The Bertz CT molecular complexity index is 816. The Morgan fingerprint density at radius 2 is 1.88 bits per heavy atom. The maximum atomic E-state index is 12.5. The molecule has 0 bridgehead atoms. The predicted molar refractivity (Wildman–Crippen MR) is 97.7 cm³/mol. The van der Waals surface area contributed by atoms with Crippen molar-refractivity contribution >= 4 is 33.2 Å². The van der Waals surface area contributed by atoms with Crippen LogP contribution >= 0.6 is 0 Å². The van der Waals surface area contributed by atoms with Crippen LogP contribution in [0.15, 0.2) is 18.2 Å². The third-order valence-corrected chi connectivity index (χ3v) is 6.07. The normalized spacial score (nSPS) is 18.8. The summed E-state index contributed by atoms with van der Waals surface area (Å²) in [5.41, 5.74) is 1.30. The van der Waals surface area contributed by atoms with E-state index in [-0.39, 0.29) is 17.7 Å². The largest absolute Gasteiger partial charge is 0.489 e. The van der Waals surface area contributed by atoms with Crippen molar-refractivity contribution in [2.45, 2.75) is 19.8 Å². The summed E-state index contributed by atoms with van der Waals surface area (Å²) in [4.78, 5) is 25.8. The molecule has 0 atom stereocenters. The van der Waals surface area contributed by atoms with Crippen LogP contribution in [0.3, 0.4) is 0 Å². The van der Waals surface area contributed by atoms with E-state index in [1.165, 1.54) is 17.5 Å². The molecule has 2 aliphatic rings. The maximum absolute atomic E-state index is 12.5. The van der Waals surface area contributed by atoms with Gasteiger partial charge in [-0.3, -0.25) is 9.59 Å². The summed E-state index contributed by atoms with van der Waals surface area (Å²) in [6.07, 6.45) is 2.18. The number of carbonyl (C=O) groups is 2. The van der Waals surface area contributed by atoms with Gasteiger partial charge < -0.3 is 15.0 Å². The van der Waals surface area contributed by atoms with Gasteiger partial charge in [0.25, 0.3) is 0 Å². The molecule has 3 rings (SSSR count). The molecule has 0 spiro atoms. The van der Waals surface area contributed by atoms with E-state index in [2.05, 4.69) is 5.32 Å².